The third kappa shape index (κ3) is 3.40. The van der Waals surface area contributed by atoms with E-state index in [0.717, 1.165) is 24.0 Å². The minimum Gasteiger partial charge on any atom is -0.482 e. The maximum Gasteiger partial charge on any atom is 0.341 e. The van der Waals surface area contributed by atoms with Crippen molar-refractivity contribution < 1.29 is 19.4 Å². The number of aryl methyl sites for hydroxylation is 2. The summed E-state index contributed by atoms with van der Waals surface area (Å²) in [4.78, 5) is 23.1. The van der Waals surface area contributed by atoms with Crippen LogP contribution in [0.5, 0.6) is 5.75 Å². The van der Waals surface area contributed by atoms with Gasteiger partial charge in [-0.15, -0.1) is 0 Å². The highest BCUT2D eigenvalue weighted by molar-refractivity contribution is 5.97. The molecular formula is C19H19NO4. The zero-order valence-corrected chi connectivity index (χ0v) is 13.4. The average Bonchev–Trinajstić information content (AvgIpc) is 2.99. The van der Waals surface area contributed by atoms with E-state index in [-0.39, 0.29) is 18.4 Å². The van der Waals surface area contributed by atoms with Gasteiger partial charge < -0.3 is 15.2 Å². The molecule has 5 heteroatoms. The Morgan fingerprint density at radius 1 is 1.25 bits per heavy atom. The summed E-state index contributed by atoms with van der Waals surface area (Å²) < 4.78 is 5.14. The van der Waals surface area contributed by atoms with E-state index in [9.17, 15) is 9.59 Å². The number of nitrogens with one attached hydrogen (secondary N) is 1. The van der Waals surface area contributed by atoms with Gasteiger partial charge in [0.15, 0.2) is 6.61 Å². The summed E-state index contributed by atoms with van der Waals surface area (Å²) in [5, 5.41) is 11.6. The van der Waals surface area contributed by atoms with Gasteiger partial charge in [0, 0.05) is 5.69 Å². The van der Waals surface area contributed by atoms with E-state index < -0.39 is 5.97 Å². The smallest absolute Gasteiger partial charge is 0.341 e. The summed E-state index contributed by atoms with van der Waals surface area (Å²) in [7, 11) is 0. The lowest BCUT2D eigenvalue weighted by molar-refractivity contribution is -0.139. The minimum atomic E-state index is -1.02. The van der Waals surface area contributed by atoms with Crippen LogP contribution in [-0.4, -0.2) is 23.6 Å². The highest BCUT2D eigenvalue weighted by atomic mass is 16.5. The monoisotopic (exact) mass is 325 g/mol. The maximum absolute atomic E-state index is 12.6. The van der Waals surface area contributed by atoms with Gasteiger partial charge in [-0.1, -0.05) is 24.3 Å². The van der Waals surface area contributed by atoms with Crippen LogP contribution >= 0.6 is 0 Å². The Balaban J connectivity index is 1.70. The Labute approximate surface area is 140 Å². The summed E-state index contributed by atoms with van der Waals surface area (Å²) >= 11 is 0. The van der Waals surface area contributed by atoms with Gasteiger partial charge in [0.05, 0.1) is 5.92 Å². The number of anilines is 1. The first-order chi connectivity index (χ1) is 11.5. The van der Waals surface area contributed by atoms with Gasteiger partial charge in [0.1, 0.15) is 5.75 Å². The van der Waals surface area contributed by atoms with Crippen molar-refractivity contribution in [2.24, 2.45) is 0 Å². The van der Waals surface area contributed by atoms with Crippen molar-refractivity contribution in [1.29, 1.82) is 0 Å². The van der Waals surface area contributed by atoms with Crippen LogP contribution < -0.4 is 10.1 Å². The fraction of sp³-hybridized carbons (Fsp3) is 0.263. The molecule has 1 unspecified atom stereocenters. The second-order valence-electron chi connectivity index (χ2n) is 5.94. The van der Waals surface area contributed by atoms with Gasteiger partial charge in [-0.2, -0.15) is 0 Å². The minimum absolute atomic E-state index is 0.0118. The van der Waals surface area contributed by atoms with E-state index in [1.54, 1.807) is 18.2 Å². The fourth-order valence-corrected chi connectivity index (χ4v) is 3.06. The zero-order valence-electron chi connectivity index (χ0n) is 13.4. The Kier molecular flexibility index (Phi) is 4.51. The SMILES string of the molecule is Cc1cc(OCC(=O)O)ccc1NC(=O)C1CCc2ccccc21. The lowest BCUT2D eigenvalue weighted by Gasteiger charge is -2.15. The fourth-order valence-electron chi connectivity index (χ4n) is 3.06. The van der Waals surface area contributed by atoms with Gasteiger partial charge in [0.2, 0.25) is 5.91 Å². The van der Waals surface area contributed by atoms with Gasteiger partial charge in [-0.25, -0.2) is 4.79 Å². The quantitative estimate of drug-likeness (QED) is 0.885. The first kappa shape index (κ1) is 16.1. The number of ether oxygens (including phenoxy) is 1. The molecule has 3 rings (SSSR count). The van der Waals surface area contributed by atoms with E-state index in [1.165, 1.54) is 5.56 Å². The number of carbonyl (C=O) groups excluding carboxylic acids is 1. The molecule has 5 nitrogen and oxygen atoms in total. The van der Waals surface area contributed by atoms with E-state index in [0.29, 0.717) is 11.4 Å². The summed E-state index contributed by atoms with van der Waals surface area (Å²) in [6, 6.07) is 13.2. The normalized spacial score (nSPS) is 15.6. The molecule has 124 valence electrons. The first-order valence-electron chi connectivity index (χ1n) is 7.88. The Morgan fingerprint density at radius 3 is 2.79 bits per heavy atom. The van der Waals surface area contributed by atoms with Crippen LogP contribution in [-0.2, 0) is 16.0 Å². The van der Waals surface area contributed by atoms with Crippen molar-refractivity contribution in [1.82, 2.24) is 0 Å². The predicted molar refractivity (Wildman–Crippen MR) is 90.4 cm³/mol. The molecule has 0 heterocycles. The molecule has 2 aromatic rings. The number of amides is 1. The van der Waals surface area contributed by atoms with Crippen LogP contribution in [0.3, 0.4) is 0 Å². The number of rotatable bonds is 5. The summed E-state index contributed by atoms with van der Waals surface area (Å²) in [6.45, 7) is 1.47. The molecule has 0 aromatic heterocycles. The Bertz CT molecular complexity index is 785. The maximum atomic E-state index is 12.6. The van der Waals surface area contributed by atoms with Gasteiger partial charge in [-0.3, -0.25) is 4.79 Å². The van der Waals surface area contributed by atoms with E-state index in [2.05, 4.69) is 11.4 Å². The topological polar surface area (TPSA) is 75.6 Å². The molecular weight excluding hydrogens is 306 g/mol. The highest BCUT2D eigenvalue weighted by Gasteiger charge is 2.28. The third-order valence-corrected chi connectivity index (χ3v) is 4.27. The number of hydrogen-bond acceptors (Lipinski definition) is 3. The average molecular weight is 325 g/mol. The van der Waals surface area contributed by atoms with E-state index >= 15 is 0 Å². The molecule has 2 N–H and O–H groups in total. The molecule has 1 atom stereocenters. The van der Waals surface area contributed by atoms with Crippen LogP contribution in [0, 0.1) is 6.92 Å². The van der Waals surface area contributed by atoms with Crippen LogP contribution in [0.15, 0.2) is 42.5 Å². The molecule has 0 spiro atoms. The lowest BCUT2D eigenvalue weighted by atomic mass is 10.0. The van der Waals surface area contributed by atoms with Crippen molar-refractivity contribution in [2.45, 2.75) is 25.7 Å². The molecule has 0 bridgehead atoms. The van der Waals surface area contributed by atoms with Gasteiger partial charge >= 0.3 is 5.97 Å². The standard InChI is InChI=1S/C19H19NO4/c1-12-10-14(24-11-18(21)22)7-9-17(12)20-19(23)16-8-6-13-4-2-3-5-15(13)16/h2-5,7,9-10,16H,6,8,11H2,1H3,(H,20,23)(H,21,22). The van der Waals surface area contributed by atoms with Gasteiger partial charge in [-0.05, 0) is 54.7 Å². The van der Waals surface area contributed by atoms with E-state index in [1.807, 2.05) is 25.1 Å². The van der Waals surface area contributed by atoms with Crippen LogP contribution in [0.2, 0.25) is 0 Å². The molecule has 2 aromatic carbocycles. The van der Waals surface area contributed by atoms with Crippen LogP contribution in [0.1, 0.15) is 29.0 Å². The number of carbonyl (C=O) groups is 2. The van der Waals surface area contributed by atoms with Crippen LogP contribution in [0.25, 0.3) is 0 Å². The number of carboxylic acid groups (broad SMARTS) is 1. The highest BCUT2D eigenvalue weighted by Crippen LogP contribution is 2.34. The molecule has 1 amide bonds. The molecule has 1 aliphatic carbocycles. The lowest BCUT2D eigenvalue weighted by Crippen LogP contribution is -2.20. The Hall–Kier alpha value is -2.82. The van der Waals surface area contributed by atoms with Crippen molar-refractivity contribution in [3.63, 3.8) is 0 Å². The largest absolute Gasteiger partial charge is 0.482 e. The number of carboxylic acids is 1. The summed E-state index contributed by atoms with van der Waals surface area (Å²) in [6.07, 6.45) is 1.75. The number of fused-ring (bicyclic) bond motifs is 1. The first-order valence-corrected chi connectivity index (χ1v) is 7.88. The van der Waals surface area contributed by atoms with E-state index in [4.69, 9.17) is 9.84 Å². The predicted octanol–water partition coefficient (Wildman–Crippen LogP) is 3.13. The van der Waals surface area contributed by atoms with Crippen LogP contribution in [0.4, 0.5) is 5.69 Å². The number of benzene rings is 2. The molecule has 24 heavy (non-hydrogen) atoms. The Morgan fingerprint density at radius 2 is 2.04 bits per heavy atom. The number of aliphatic carboxylic acids is 1. The van der Waals surface area contributed by atoms with Gasteiger partial charge in [0.25, 0.3) is 0 Å². The molecule has 0 fully saturated rings. The second-order valence-corrected chi connectivity index (χ2v) is 5.94. The van der Waals surface area contributed by atoms with Crippen molar-refractivity contribution in [2.75, 3.05) is 11.9 Å². The third-order valence-electron chi connectivity index (χ3n) is 4.27. The zero-order chi connectivity index (χ0) is 17.1. The second kappa shape index (κ2) is 6.74. The molecule has 0 saturated carbocycles. The molecule has 0 radical (unpaired) electrons. The summed E-state index contributed by atoms with van der Waals surface area (Å²) in [5.74, 6) is -0.685. The van der Waals surface area contributed by atoms with Crippen molar-refractivity contribution >= 4 is 17.6 Å². The number of hydrogen-bond donors (Lipinski definition) is 2. The van der Waals surface area contributed by atoms with Crippen molar-refractivity contribution in [3.8, 4) is 5.75 Å². The molecule has 1 aliphatic rings. The summed E-state index contributed by atoms with van der Waals surface area (Å²) in [5.41, 5.74) is 3.89. The molecule has 0 aliphatic heterocycles. The molecule has 0 saturated heterocycles. The van der Waals surface area contributed by atoms with Crippen molar-refractivity contribution in [3.05, 3.63) is 59.2 Å².